The first-order chi connectivity index (χ1) is 14.9. The van der Waals surface area contributed by atoms with E-state index in [9.17, 15) is 29.1 Å². The Morgan fingerprint density at radius 1 is 0.938 bits per heavy atom. The number of amides is 3. The number of carboxylic acid groups (broad SMARTS) is 2. The summed E-state index contributed by atoms with van der Waals surface area (Å²) in [5.41, 5.74) is 6.53. The van der Waals surface area contributed by atoms with Crippen molar-refractivity contribution < 1.29 is 39.3 Å². The molecule has 3 amide bonds. The van der Waals surface area contributed by atoms with Gasteiger partial charge >= 0.3 is 11.9 Å². The first-order valence-corrected chi connectivity index (χ1v) is 10.1. The molecule has 32 heavy (non-hydrogen) atoms. The lowest BCUT2D eigenvalue weighted by molar-refractivity contribution is -0.143. The van der Waals surface area contributed by atoms with Crippen LogP contribution in [-0.4, -0.2) is 74.9 Å². The Kier molecular flexibility index (Phi) is 10.4. The second-order valence-corrected chi connectivity index (χ2v) is 7.31. The number of benzene rings is 1. The summed E-state index contributed by atoms with van der Waals surface area (Å²) in [6.45, 7) is 1.17. The van der Waals surface area contributed by atoms with Gasteiger partial charge in [-0.05, 0) is 31.0 Å². The second-order valence-electron chi connectivity index (χ2n) is 6.95. The summed E-state index contributed by atoms with van der Waals surface area (Å²) in [7, 11) is 0. The van der Waals surface area contributed by atoms with Crippen molar-refractivity contribution in [2.24, 2.45) is 5.73 Å². The van der Waals surface area contributed by atoms with Crippen LogP contribution in [0.4, 0.5) is 0 Å². The van der Waals surface area contributed by atoms with E-state index in [1.165, 1.54) is 19.1 Å². The van der Waals surface area contributed by atoms with Crippen LogP contribution >= 0.6 is 12.6 Å². The summed E-state index contributed by atoms with van der Waals surface area (Å²) < 4.78 is 0. The highest BCUT2D eigenvalue weighted by atomic mass is 32.1. The Hall–Kier alpha value is -3.32. The van der Waals surface area contributed by atoms with Crippen molar-refractivity contribution in [3.8, 4) is 5.75 Å². The van der Waals surface area contributed by atoms with Crippen LogP contribution < -0.4 is 21.7 Å². The van der Waals surface area contributed by atoms with Crippen LogP contribution in [0.15, 0.2) is 24.3 Å². The third kappa shape index (κ3) is 8.81. The number of phenols is 1. The van der Waals surface area contributed by atoms with Gasteiger partial charge in [0.05, 0.1) is 12.5 Å². The van der Waals surface area contributed by atoms with Crippen molar-refractivity contribution >= 4 is 42.3 Å². The third-order valence-electron chi connectivity index (χ3n) is 4.29. The van der Waals surface area contributed by atoms with Gasteiger partial charge in [-0.2, -0.15) is 12.6 Å². The van der Waals surface area contributed by atoms with Crippen molar-refractivity contribution in [1.82, 2.24) is 16.0 Å². The summed E-state index contributed by atoms with van der Waals surface area (Å²) in [6.07, 6.45) is -0.693. The molecule has 1 aromatic carbocycles. The van der Waals surface area contributed by atoms with Crippen LogP contribution in [0.5, 0.6) is 5.75 Å². The van der Waals surface area contributed by atoms with Crippen molar-refractivity contribution in [3.63, 3.8) is 0 Å². The molecule has 0 radical (unpaired) electrons. The van der Waals surface area contributed by atoms with Gasteiger partial charge in [0.25, 0.3) is 0 Å². The van der Waals surface area contributed by atoms with Gasteiger partial charge in [-0.15, -0.1) is 0 Å². The Bertz CT molecular complexity index is 848. The molecule has 176 valence electrons. The maximum absolute atomic E-state index is 12.5. The van der Waals surface area contributed by atoms with E-state index in [0.717, 1.165) is 0 Å². The average Bonchev–Trinajstić information content (AvgIpc) is 2.72. The van der Waals surface area contributed by atoms with E-state index in [4.69, 9.17) is 15.9 Å². The summed E-state index contributed by atoms with van der Waals surface area (Å²) in [4.78, 5) is 59.0. The van der Waals surface area contributed by atoms with E-state index < -0.39 is 60.2 Å². The molecule has 12 nitrogen and oxygen atoms in total. The third-order valence-corrected chi connectivity index (χ3v) is 4.65. The van der Waals surface area contributed by atoms with Gasteiger partial charge in [0, 0.05) is 5.75 Å². The number of rotatable bonds is 12. The van der Waals surface area contributed by atoms with Crippen LogP contribution in [0.2, 0.25) is 0 Å². The number of carbonyl (C=O) groups is 5. The standard InChI is InChI=1S/C19H26N4O8S/c1-9(19(30)31)21-17(28)13(7-15(25)26)22-18(29)14(8-32)23-16(27)12(20)6-10-2-4-11(24)5-3-10/h2-5,9,12-14,24,32H,6-8,20H2,1H3,(H,21,28)(H,22,29)(H,23,27)(H,25,26)(H,30,31). The SMILES string of the molecule is CC(NC(=O)C(CC(=O)O)NC(=O)C(CS)NC(=O)C(N)Cc1ccc(O)cc1)C(=O)O. The number of aliphatic carboxylic acids is 2. The molecule has 0 aliphatic heterocycles. The first kappa shape index (κ1) is 26.7. The largest absolute Gasteiger partial charge is 0.508 e. The molecule has 0 heterocycles. The van der Waals surface area contributed by atoms with Gasteiger partial charge in [-0.1, -0.05) is 12.1 Å². The number of aromatic hydroxyl groups is 1. The molecule has 0 fully saturated rings. The van der Waals surface area contributed by atoms with E-state index in [-0.39, 0.29) is 17.9 Å². The smallest absolute Gasteiger partial charge is 0.325 e. The fourth-order valence-corrected chi connectivity index (χ4v) is 2.74. The number of thiol groups is 1. The first-order valence-electron chi connectivity index (χ1n) is 9.44. The Balaban J connectivity index is 2.78. The summed E-state index contributed by atoms with van der Waals surface area (Å²) in [5.74, 6) is -5.48. The molecule has 1 rings (SSSR count). The molecule has 0 saturated carbocycles. The number of hydrogen-bond donors (Lipinski definition) is 8. The highest BCUT2D eigenvalue weighted by Gasteiger charge is 2.30. The zero-order valence-corrected chi connectivity index (χ0v) is 18.0. The Labute approximate surface area is 189 Å². The van der Waals surface area contributed by atoms with Crippen LogP contribution in [0, 0.1) is 0 Å². The van der Waals surface area contributed by atoms with Crippen LogP contribution in [-0.2, 0) is 30.4 Å². The lowest BCUT2D eigenvalue weighted by atomic mass is 10.1. The Morgan fingerprint density at radius 2 is 1.47 bits per heavy atom. The predicted molar refractivity (Wildman–Crippen MR) is 115 cm³/mol. The van der Waals surface area contributed by atoms with Gasteiger partial charge in [0.15, 0.2) is 0 Å². The molecule has 1 aromatic rings. The van der Waals surface area contributed by atoms with Gasteiger partial charge in [0.1, 0.15) is 23.9 Å². The van der Waals surface area contributed by atoms with Gasteiger partial charge in [-0.3, -0.25) is 24.0 Å². The molecular formula is C19H26N4O8S. The van der Waals surface area contributed by atoms with Crippen LogP contribution in [0.25, 0.3) is 0 Å². The zero-order chi connectivity index (χ0) is 24.4. The molecule has 0 bridgehead atoms. The monoisotopic (exact) mass is 470 g/mol. The molecule has 4 atom stereocenters. The van der Waals surface area contributed by atoms with Crippen molar-refractivity contribution in [2.75, 3.05) is 5.75 Å². The van der Waals surface area contributed by atoms with E-state index in [0.29, 0.717) is 5.56 Å². The molecular weight excluding hydrogens is 444 g/mol. The highest BCUT2D eigenvalue weighted by Crippen LogP contribution is 2.11. The van der Waals surface area contributed by atoms with Crippen LogP contribution in [0.1, 0.15) is 18.9 Å². The number of carboxylic acids is 2. The number of nitrogens with one attached hydrogen (secondary N) is 3. The summed E-state index contributed by atoms with van der Waals surface area (Å²) in [6, 6.07) is 0.866. The summed E-state index contributed by atoms with van der Waals surface area (Å²) >= 11 is 4.00. The van der Waals surface area contributed by atoms with E-state index >= 15 is 0 Å². The fourth-order valence-electron chi connectivity index (χ4n) is 2.48. The predicted octanol–water partition coefficient (Wildman–Crippen LogP) is -1.77. The maximum atomic E-state index is 12.5. The van der Waals surface area contributed by atoms with Crippen molar-refractivity contribution in [3.05, 3.63) is 29.8 Å². The number of phenolic OH excluding ortho intramolecular Hbond substituents is 1. The Morgan fingerprint density at radius 3 is 1.97 bits per heavy atom. The lowest BCUT2D eigenvalue weighted by Gasteiger charge is -2.23. The molecule has 0 aromatic heterocycles. The zero-order valence-electron chi connectivity index (χ0n) is 17.1. The lowest BCUT2D eigenvalue weighted by Crippen LogP contribution is -2.58. The minimum Gasteiger partial charge on any atom is -0.508 e. The van der Waals surface area contributed by atoms with Crippen molar-refractivity contribution in [2.45, 2.75) is 43.9 Å². The van der Waals surface area contributed by atoms with Gasteiger partial charge in [-0.25, -0.2) is 0 Å². The second kappa shape index (κ2) is 12.5. The van der Waals surface area contributed by atoms with E-state index in [2.05, 4.69) is 28.6 Å². The maximum Gasteiger partial charge on any atom is 0.325 e. The molecule has 4 unspecified atom stereocenters. The normalized spacial score (nSPS) is 14.3. The minimum atomic E-state index is -1.58. The number of nitrogens with two attached hydrogens (primary N) is 1. The topological polar surface area (TPSA) is 208 Å². The molecule has 0 aliphatic rings. The van der Waals surface area contributed by atoms with Gasteiger partial charge in [0.2, 0.25) is 17.7 Å². The molecule has 0 saturated heterocycles. The quantitative estimate of drug-likeness (QED) is 0.162. The molecule has 0 spiro atoms. The summed E-state index contributed by atoms with van der Waals surface area (Å²) in [5, 5.41) is 33.8. The number of carbonyl (C=O) groups excluding carboxylic acids is 3. The van der Waals surface area contributed by atoms with E-state index in [1.54, 1.807) is 12.1 Å². The van der Waals surface area contributed by atoms with Crippen LogP contribution in [0.3, 0.4) is 0 Å². The van der Waals surface area contributed by atoms with E-state index in [1.807, 2.05) is 0 Å². The minimum absolute atomic E-state index is 0.0521. The number of hydrogen-bond acceptors (Lipinski definition) is 8. The molecule has 13 heteroatoms. The fraction of sp³-hybridized carbons (Fsp3) is 0.421. The van der Waals surface area contributed by atoms with Crippen molar-refractivity contribution in [1.29, 1.82) is 0 Å². The molecule has 0 aliphatic carbocycles. The molecule has 8 N–H and O–H groups in total. The van der Waals surface area contributed by atoms with Gasteiger partial charge < -0.3 is 37.0 Å². The highest BCUT2D eigenvalue weighted by molar-refractivity contribution is 7.80. The average molecular weight is 471 g/mol.